The normalized spacial score (nSPS) is 14.4. The maximum absolute atomic E-state index is 11.7. The first kappa shape index (κ1) is 14.7. The summed E-state index contributed by atoms with van der Waals surface area (Å²) in [6, 6.07) is 7.74. The van der Waals surface area contributed by atoms with E-state index in [-0.39, 0.29) is 18.4 Å². The first-order chi connectivity index (χ1) is 9.70. The number of ether oxygens (including phenoxy) is 1. The van der Waals surface area contributed by atoms with Gasteiger partial charge in [-0.05, 0) is 18.1 Å². The molecule has 0 saturated carbocycles. The average molecular weight is 294 g/mol. The predicted octanol–water partition coefficient (Wildman–Crippen LogP) is 0.887. The van der Waals surface area contributed by atoms with Crippen LogP contribution in [0.3, 0.4) is 0 Å². The summed E-state index contributed by atoms with van der Waals surface area (Å²) in [6.07, 6.45) is 0.707. The van der Waals surface area contributed by atoms with Gasteiger partial charge in [0.1, 0.15) is 12.3 Å². The molecule has 6 heteroatoms. The molecule has 1 saturated heterocycles. The highest BCUT2D eigenvalue weighted by atomic mass is 32.2. The van der Waals surface area contributed by atoms with Gasteiger partial charge in [-0.3, -0.25) is 9.59 Å². The number of para-hydroxylation sites is 1. The Kier molecular flexibility index (Phi) is 5.29. The van der Waals surface area contributed by atoms with Crippen molar-refractivity contribution in [2.24, 2.45) is 0 Å². The van der Waals surface area contributed by atoms with Crippen LogP contribution in [-0.4, -0.2) is 48.5 Å². The fourth-order valence-electron chi connectivity index (χ4n) is 2.02. The molecule has 2 rings (SSSR count). The van der Waals surface area contributed by atoms with E-state index in [2.05, 4.69) is 5.32 Å². The van der Waals surface area contributed by atoms with Crippen molar-refractivity contribution >= 4 is 23.6 Å². The molecule has 1 aliphatic heterocycles. The van der Waals surface area contributed by atoms with Crippen LogP contribution in [0.1, 0.15) is 5.56 Å². The molecule has 1 N–H and O–H groups in total. The van der Waals surface area contributed by atoms with Crippen molar-refractivity contribution < 1.29 is 14.3 Å². The van der Waals surface area contributed by atoms with E-state index >= 15 is 0 Å². The van der Waals surface area contributed by atoms with Crippen LogP contribution in [0.15, 0.2) is 24.3 Å². The van der Waals surface area contributed by atoms with Gasteiger partial charge in [-0.25, -0.2) is 0 Å². The number of nitrogens with one attached hydrogen (secondary N) is 1. The summed E-state index contributed by atoms with van der Waals surface area (Å²) in [5.74, 6) is 1.84. The number of thioether (sulfide) groups is 1. The Labute approximate surface area is 122 Å². The topological polar surface area (TPSA) is 58.6 Å². The smallest absolute Gasteiger partial charge is 0.239 e. The lowest BCUT2D eigenvalue weighted by Gasteiger charge is -2.14. The molecule has 1 aromatic carbocycles. The van der Waals surface area contributed by atoms with Gasteiger partial charge in [0.25, 0.3) is 0 Å². The van der Waals surface area contributed by atoms with Crippen LogP contribution in [0.2, 0.25) is 0 Å². The SMILES string of the molecule is COc1ccccc1CCNC(=O)CN1CSCC1=O. The zero-order chi connectivity index (χ0) is 14.4. The van der Waals surface area contributed by atoms with Gasteiger partial charge in [-0.15, -0.1) is 11.8 Å². The van der Waals surface area contributed by atoms with Crippen LogP contribution < -0.4 is 10.1 Å². The fraction of sp³-hybridized carbons (Fsp3) is 0.429. The number of hydrogen-bond donors (Lipinski definition) is 1. The maximum atomic E-state index is 11.7. The van der Waals surface area contributed by atoms with Gasteiger partial charge in [-0.2, -0.15) is 0 Å². The predicted molar refractivity (Wildman–Crippen MR) is 78.7 cm³/mol. The number of benzene rings is 1. The second-order valence-corrected chi connectivity index (χ2v) is 5.44. The number of rotatable bonds is 6. The third-order valence-corrected chi connectivity index (χ3v) is 4.01. The van der Waals surface area contributed by atoms with E-state index in [9.17, 15) is 9.59 Å². The van der Waals surface area contributed by atoms with Crippen molar-refractivity contribution in [1.82, 2.24) is 10.2 Å². The van der Waals surface area contributed by atoms with E-state index in [0.717, 1.165) is 11.3 Å². The van der Waals surface area contributed by atoms with Gasteiger partial charge < -0.3 is 15.0 Å². The monoisotopic (exact) mass is 294 g/mol. The molecule has 5 nitrogen and oxygen atoms in total. The van der Waals surface area contributed by atoms with Gasteiger partial charge >= 0.3 is 0 Å². The lowest BCUT2D eigenvalue weighted by atomic mass is 10.1. The van der Waals surface area contributed by atoms with Crippen LogP contribution in [0.5, 0.6) is 5.75 Å². The number of amides is 2. The van der Waals surface area contributed by atoms with Crippen molar-refractivity contribution in [2.75, 3.05) is 31.8 Å². The molecular formula is C14H18N2O3S. The third kappa shape index (κ3) is 3.90. The molecule has 0 unspecified atom stereocenters. The second kappa shape index (κ2) is 7.19. The molecule has 20 heavy (non-hydrogen) atoms. The fourth-order valence-corrected chi connectivity index (χ4v) is 2.92. The number of carbonyl (C=O) groups is 2. The van der Waals surface area contributed by atoms with Crippen LogP contribution >= 0.6 is 11.8 Å². The van der Waals surface area contributed by atoms with Crippen molar-refractivity contribution in [2.45, 2.75) is 6.42 Å². The molecule has 2 amide bonds. The molecule has 0 bridgehead atoms. The van der Waals surface area contributed by atoms with Gasteiger partial charge in [-0.1, -0.05) is 18.2 Å². The summed E-state index contributed by atoms with van der Waals surface area (Å²) in [6.45, 7) is 0.687. The largest absolute Gasteiger partial charge is 0.496 e. The van der Waals surface area contributed by atoms with Crippen molar-refractivity contribution in [3.63, 3.8) is 0 Å². The van der Waals surface area contributed by atoms with E-state index in [1.807, 2.05) is 24.3 Å². The minimum absolute atomic E-state index is 0.0369. The van der Waals surface area contributed by atoms with E-state index in [0.29, 0.717) is 24.6 Å². The molecule has 0 spiro atoms. The van der Waals surface area contributed by atoms with Gasteiger partial charge in [0.15, 0.2) is 0 Å². The molecule has 1 aromatic rings. The molecule has 0 aromatic heterocycles. The standard InChI is InChI=1S/C14H18N2O3S/c1-19-12-5-3-2-4-11(12)6-7-15-13(17)8-16-10-20-9-14(16)18/h2-5H,6-10H2,1H3,(H,15,17). The van der Waals surface area contributed by atoms with Gasteiger partial charge in [0.2, 0.25) is 11.8 Å². The highest BCUT2D eigenvalue weighted by Crippen LogP contribution is 2.17. The van der Waals surface area contributed by atoms with Crippen molar-refractivity contribution in [3.05, 3.63) is 29.8 Å². The first-order valence-corrected chi connectivity index (χ1v) is 7.60. The van der Waals surface area contributed by atoms with E-state index < -0.39 is 0 Å². The Morgan fingerprint density at radius 1 is 1.45 bits per heavy atom. The Hall–Kier alpha value is -1.69. The zero-order valence-electron chi connectivity index (χ0n) is 11.4. The van der Waals surface area contributed by atoms with E-state index in [4.69, 9.17) is 4.74 Å². The summed E-state index contributed by atoms with van der Waals surface area (Å²) < 4.78 is 5.26. The lowest BCUT2D eigenvalue weighted by Crippen LogP contribution is -2.38. The molecule has 1 fully saturated rings. The molecule has 0 atom stereocenters. The molecule has 0 aliphatic carbocycles. The summed E-state index contributed by atoms with van der Waals surface area (Å²) in [5.41, 5.74) is 1.06. The first-order valence-electron chi connectivity index (χ1n) is 6.45. The summed E-state index contributed by atoms with van der Waals surface area (Å²) in [5, 5.41) is 2.83. The minimum Gasteiger partial charge on any atom is -0.496 e. The number of hydrogen-bond acceptors (Lipinski definition) is 4. The molecular weight excluding hydrogens is 276 g/mol. The summed E-state index contributed by atoms with van der Waals surface area (Å²) in [7, 11) is 1.63. The zero-order valence-corrected chi connectivity index (χ0v) is 12.2. The number of carbonyl (C=O) groups excluding carboxylic acids is 2. The van der Waals surface area contributed by atoms with Crippen LogP contribution in [0.25, 0.3) is 0 Å². The average Bonchev–Trinajstić information content (AvgIpc) is 2.85. The maximum Gasteiger partial charge on any atom is 0.239 e. The van der Waals surface area contributed by atoms with Crippen molar-refractivity contribution in [1.29, 1.82) is 0 Å². The highest BCUT2D eigenvalue weighted by molar-refractivity contribution is 8.00. The van der Waals surface area contributed by atoms with Crippen LogP contribution in [0.4, 0.5) is 0 Å². The van der Waals surface area contributed by atoms with E-state index in [1.165, 1.54) is 11.8 Å². The highest BCUT2D eigenvalue weighted by Gasteiger charge is 2.22. The molecule has 108 valence electrons. The van der Waals surface area contributed by atoms with Crippen molar-refractivity contribution in [3.8, 4) is 5.75 Å². The van der Waals surface area contributed by atoms with E-state index in [1.54, 1.807) is 12.0 Å². The Balaban J connectivity index is 1.75. The molecule has 1 heterocycles. The Morgan fingerprint density at radius 2 is 2.25 bits per heavy atom. The summed E-state index contributed by atoms with van der Waals surface area (Å²) >= 11 is 1.54. The van der Waals surface area contributed by atoms with Crippen LogP contribution in [0, 0.1) is 0 Å². The Bertz CT molecular complexity index is 493. The lowest BCUT2D eigenvalue weighted by molar-refractivity contribution is -0.132. The third-order valence-electron chi connectivity index (χ3n) is 3.07. The quantitative estimate of drug-likeness (QED) is 0.846. The van der Waals surface area contributed by atoms with Crippen LogP contribution in [-0.2, 0) is 16.0 Å². The van der Waals surface area contributed by atoms with Gasteiger partial charge in [0.05, 0.1) is 18.7 Å². The molecule has 0 radical (unpaired) electrons. The Morgan fingerprint density at radius 3 is 2.95 bits per heavy atom. The summed E-state index contributed by atoms with van der Waals surface area (Å²) in [4.78, 5) is 24.7. The number of nitrogens with zero attached hydrogens (tertiary/aromatic N) is 1. The molecule has 1 aliphatic rings. The minimum atomic E-state index is -0.115. The number of methoxy groups -OCH3 is 1. The second-order valence-electron chi connectivity index (χ2n) is 4.48. The van der Waals surface area contributed by atoms with Gasteiger partial charge in [0, 0.05) is 6.54 Å².